The number of carbonyl (C=O) groups is 5. The zero-order chi connectivity index (χ0) is 44.8. The van der Waals surface area contributed by atoms with Crippen LogP contribution in [0.25, 0.3) is 0 Å². The minimum Gasteiger partial charge on any atom is -0.493 e. The molecule has 0 radical (unpaired) electrons. The van der Waals surface area contributed by atoms with Crippen molar-refractivity contribution in [1.29, 1.82) is 0 Å². The number of esters is 4. The molecular formula is C38H46O20S2. The lowest BCUT2D eigenvalue weighted by molar-refractivity contribution is -0.167. The summed E-state index contributed by atoms with van der Waals surface area (Å²) in [5.41, 5.74) is -3.13. The first kappa shape index (κ1) is 50.7. The Labute approximate surface area is 346 Å². The zero-order valence-electron chi connectivity index (χ0n) is 32.2. The van der Waals surface area contributed by atoms with Gasteiger partial charge in [-0.25, -0.2) is 14.4 Å². The second-order valence-corrected chi connectivity index (χ2v) is 15.8. The summed E-state index contributed by atoms with van der Waals surface area (Å²) in [6.07, 6.45) is 2.78. The third kappa shape index (κ3) is 18.2. The Morgan fingerprint density at radius 1 is 0.600 bits per heavy atom. The summed E-state index contributed by atoms with van der Waals surface area (Å²) < 4.78 is 107. The number of aldehydes is 1. The van der Waals surface area contributed by atoms with Crippen LogP contribution in [-0.4, -0.2) is 134 Å². The lowest BCUT2D eigenvalue weighted by Crippen LogP contribution is -2.46. The Morgan fingerprint density at radius 2 is 1.02 bits per heavy atom. The van der Waals surface area contributed by atoms with Gasteiger partial charge >= 0.3 is 23.9 Å². The summed E-state index contributed by atoms with van der Waals surface area (Å²) in [4.78, 5) is 60.0. The van der Waals surface area contributed by atoms with Gasteiger partial charge in [0, 0.05) is 18.2 Å². The number of hydrogen-bond acceptors (Lipinski definition) is 18. The predicted molar refractivity (Wildman–Crippen MR) is 206 cm³/mol. The van der Waals surface area contributed by atoms with Crippen molar-refractivity contribution >= 4 is 50.4 Å². The first-order chi connectivity index (χ1) is 28.3. The van der Waals surface area contributed by atoms with Gasteiger partial charge in [-0.1, -0.05) is 19.7 Å². The van der Waals surface area contributed by atoms with Gasteiger partial charge < -0.3 is 47.8 Å². The third-order valence-electron chi connectivity index (χ3n) is 7.97. The molecule has 60 heavy (non-hydrogen) atoms. The summed E-state index contributed by atoms with van der Waals surface area (Å²) in [5, 5.41) is 10.7. The van der Waals surface area contributed by atoms with E-state index in [0.717, 1.165) is 42.5 Å². The molecule has 0 aliphatic heterocycles. The molecule has 2 unspecified atom stereocenters. The van der Waals surface area contributed by atoms with Crippen LogP contribution in [0.3, 0.4) is 0 Å². The maximum Gasteiger partial charge on any atom is 0.330 e. The fraction of sp³-hybridized carbons (Fsp3) is 0.395. The average molecular weight is 887 g/mol. The molecule has 0 spiro atoms. The van der Waals surface area contributed by atoms with Crippen molar-refractivity contribution in [2.75, 3.05) is 72.7 Å². The first-order valence-electron chi connectivity index (χ1n) is 17.5. The molecule has 0 aromatic heterocycles. The average Bonchev–Trinajstić information content (AvgIpc) is 3.23. The molecule has 2 rings (SSSR count). The Morgan fingerprint density at radius 3 is 1.43 bits per heavy atom. The number of aliphatic hydroxyl groups is 1. The molecule has 0 heterocycles. The maximum atomic E-state index is 12.8. The molecule has 0 aliphatic rings. The van der Waals surface area contributed by atoms with E-state index < -0.39 is 114 Å². The standard InChI is InChI=1S/C38H46O20S2/c1-4-33(41)55-25-38(26-56-34(42)5-2,27-57-35(43)6-3)23-52-22-37(20-40,24-58-36(44)15-16-53-29-7-11-31(12-8-29)59(45,46)47)21-51-18-28(17-39)19-54-30-9-13-32(14-10-30)60(48,49)50/h4-14,17,28,40H,1-3,15-16,18-27H2,(H,45,46,47)(H,48,49,50). The SMILES string of the molecule is C=CC(=O)OCC(COCC(CO)(COCC(C=O)COc1ccc(S(=O)(=O)O)cc1)COC(=O)CCOc1ccc(S(=O)(=O)O)cc1)(COC(=O)C=C)COC(=O)C=C. The summed E-state index contributed by atoms with van der Waals surface area (Å²) in [7, 11) is -8.88. The van der Waals surface area contributed by atoms with Crippen molar-refractivity contribution in [3.05, 3.63) is 86.5 Å². The van der Waals surface area contributed by atoms with E-state index in [1.165, 1.54) is 24.3 Å². The maximum absolute atomic E-state index is 12.8. The first-order valence-corrected chi connectivity index (χ1v) is 20.4. The molecule has 0 saturated carbocycles. The van der Waals surface area contributed by atoms with Crippen molar-refractivity contribution in [1.82, 2.24) is 0 Å². The second kappa shape index (κ2) is 24.6. The molecule has 330 valence electrons. The smallest absolute Gasteiger partial charge is 0.330 e. The van der Waals surface area contributed by atoms with Gasteiger partial charge in [0.05, 0.1) is 79.2 Å². The highest BCUT2D eigenvalue weighted by Gasteiger charge is 2.39. The summed E-state index contributed by atoms with van der Waals surface area (Å²) >= 11 is 0. The fourth-order valence-corrected chi connectivity index (χ4v) is 5.54. The van der Waals surface area contributed by atoms with E-state index in [-0.39, 0.29) is 47.5 Å². The van der Waals surface area contributed by atoms with Crippen molar-refractivity contribution in [2.24, 2.45) is 16.7 Å². The minimum absolute atomic E-state index is 0.165. The Balaban J connectivity index is 2.25. The molecule has 0 saturated heterocycles. The Hall–Kier alpha value is -5.49. The zero-order valence-corrected chi connectivity index (χ0v) is 33.8. The molecule has 2 aromatic carbocycles. The highest BCUT2D eigenvalue weighted by atomic mass is 32.2. The van der Waals surface area contributed by atoms with Gasteiger partial charge in [0.1, 0.15) is 44.2 Å². The summed E-state index contributed by atoms with van der Waals surface area (Å²) in [5.74, 6) is -4.03. The van der Waals surface area contributed by atoms with E-state index in [1.54, 1.807) is 0 Å². The quantitative estimate of drug-likeness (QED) is 0.0330. The van der Waals surface area contributed by atoms with Crippen LogP contribution >= 0.6 is 0 Å². The lowest BCUT2D eigenvalue weighted by atomic mass is 9.90. The fourth-order valence-electron chi connectivity index (χ4n) is 4.58. The summed E-state index contributed by atoms with van der Waals surface area (Å²) in [6.45, 7) is 4.90. The molecule has 0 amide bonds. The lowest BCUT2D eigenvalue weighted by Gasteiger charge is -2.35. The van der Waals surface area contributed by atoms with Crippen LogP contribution < -0.4 is 9.47 Å². The van der Waals surface area contributed by atoms with E-state index in [9.17, 15) is 50.5 Å². The number of aliphatic hydroxyl groups excluding tert-OH is 1. The molecule has 0 bridgehead atoms. The minimum atomic E-state index is -4.45. The van der Waals surface area contributed by atoms with E-state index in [1.807, 2.05) is 0 Å². The highest BCUT2D eigenvalue weighted by Crippen LogP contribution is 2.26. The van der Waals surface area contributed by atoms with E-state index >= 15 is 0 Å². The number of carbonyl (C=O) groups excluding carboxylic acids is 5. The summed E-state index contributed by atoms with van der Waals surface area (Å²) in [6, 6.07) is 9.40. The molecule has 0 fully saturated rings. The van der Waals surface area contributed by atoms with Crippen molar-refractivity contribution in [2.45, 2.75) is 16.2 Å². The van der Waals surface area contributed by atoms with Crippen LogP contribution in [0, 0.1) is 16.7 Å². The van der Waals surface area contributed by atoms with E-state index in [2.05, 4.69) is 19.7 Å². The Kier molecular flexibility index (Phi) is 20.7. The third-order valence-corrected chi connectivity index (χ3v) is 9.70. The van der Waals surface area contributed by atoms with Crippen LogP contribution in [0.5, 0.6) is 11.5 Å². The normalized spacial score (nSPS) is 13.1. The number of rotatable bonds is 30. The van der Waals surface area contributed by atoms with Gasteiger partial charge in [-0.15, -0.1) is 0 Å². The monoisotopic (exact) mass is 886 g/mol. The number of hydrogen-bond donors (Lipinski definition) is 3. The van der Waals surface area contributed by atoms with Gasteiger partial charge in [-0.05, 0) is 48.5 Å². The second-order valence-electron chi connectivity index (χ2n) is 13.0. The van der Waals surface area contributed by atoms with Crippen LogP contribution in [0.15, 0.2) is 96.3 Å². The molecule has 2 aromatic rings. The van der Waals surface area contributed by atoms with Crippen LogP contribution in [0.1, 0.15) is 6.42 Å². The molecule has 3 N–H and O–H groups in total. The molecule has 22 heteroatoms. The number of ether oxygens (including phenoxy) is 8. The van der Waals surface area contributed by atoms with Crippen LogP contribution in [0.2, 0.25) is 0 Å². The molecule has 0 aliphatic carbocycles. The molecular weight excluding hydrogens is 841 g/mol. The largest absolute Gasteiger partial charge is 0.493 e. The Bertz CT molecular complexity index is 1940. The van der Waals surface area contributed by atoms with Crippen molar-refractivity contribution < 1.29 is 92.9 Å². The molecule has 20 nitrogen and oxygen atoms in total. The van der Waals surface area contributed by atoms with Crippen molar-refractivity contribution in [3.8, 4) is 11.5 Å². The van der Waals surface area contributed by atoms with Crippen LogP contribution in [0.4, 0.5) is 0 Å². The van der Waals surface area contributed by atoms with Gasteiger partial charge in [0.2, 0.25) is 0 Å². The van der Waals surface area contributed by atoms with Gasteiger partial charge in [-0.3, -0.25) is 13.9 Å². The van der Waals surface area contributed by atoms with Crippen LogP contribution in [-0.2, 0) is 72.6 Å². The van der Waals surface area contributed by atoms with Crippen molar-refractivity contribution in [3.63, 3.8) is 0 Å². The predicted octanol–water partition coefficient (Wildman–Crippen LogP) is 1.57. The topological polar surface area (TPSA) is 288 Å². The molecule has 2 atom stereocenters. The van der Waals surface area contributed by atoms with E-state index in [4.69, 9.17) is 42.4 Å². The highest BCUT2D eigenvalue weighted by molar-refractivity contribution is 7.86. The van der Waals surface area contributed by atoms with Gasteiger partial charge in [0.25, 0.3) is 20.2 Å². The van der Waals surface area contributed by atoms with E-state index in [0.29, 0.717) is 6.29 Å². The number of benzene rings is 2. The van der Waals surface area contributed by atoms with Gasteiger partial charge in [-0.2, -0.15) is 16.8 Å². The van der Waals surface area contributed by atoms with Gasteiger partial charge in [0.15, 0.2) is 0 Å².